The predicted molar refractivity (Wildman–Crippen MR) is 102 cm³/mol. The number of hydrogen-bond acceptors (Lipinski definition) is 5. The first-order chi connectivity index (χ1) is 13.1. The summed E-state index contributed by atoms with van der Waals surface area (Å²) >= 11 is 0. The Hall–Kier alpha value is -3.35. The molecule has 0 aliphatic rings. The van der Waals surface area contributed by atoms with E-state index in [0.29, 0.717) is 28.9 Å². The molecule has 27 heavy (non-hydrogen) atoms. The molecular formula is C20H21N3O4. The summed E-state index contributed by atoms with van der Waals surface area (Å²) in [7, 11) is 3.15. The second-order valence-electron chi connectivity index (χ2n) is 5.96. The van der Waals surface area contributed by atoms with E-state index in [4.69, 9.17) is 9.47 Å². The summed E-state index contributed by atoms with van der Waals surface area (Å²) in [5.41, 5.74) is 1.34. The van der Waals surface area contributed by atoms with Gasteiger partial charge in [0.05, 0.1) is 31.4 Å². The van der Waals surface area contributed by atoms with E-state index in [0.717, 1.165) is 5.56 Å². The Morgan fingerprint density at radius 2 is 1.96 bits per heavy atom. The lowest BCUT2D eigenvalue weighted by Gasteiger charge is -2.12. The molecule has 0 aliphatic carbocycles. The van der Waals surface area contributed by atoms with Gasteiger partial charge >= 0.3 is 0 Å². The van der Waals surface area contributed by atoms with Crippen LogP contribution in [0.2, 0.25) is 0 Å². The van der Waals surface area contributed by atoms with E-state index in [2.05, 4.69) is 10.3 Å². The molecule has 0 aliphatic heterocycles. The first kappa shape index (κ1) is 18.4. The second kappa shape index (κ2) is 8.35. The summed E-state index contributed by atoms with van der Waals surface area (Å²) in [6.45, 7) is 0.596. The van der Waals surface area contributed by atoms with Crippen LogP contribution < -0.4 is 20.3 Å². The lowest BCUT2D eigenvalue weighted by Crippen LogP contribution is -2.27. The molecule has 2 aromatic carbocycles. The number of amides is 1. The van der Waals surface area contributed by atoms with Crippen LogP contribution in [-0.2, 0) is 17.9 Å². The van der Waals surface area contributed by atoms with Crippen molar-refractivity contribution < 1.29 is 14.3 Å². The molecule has 140 valence electrons. The third-order valence-corrected chi connectivity index (χ3v) is 4.28. The summed E-state index contributed by atoms with van der Waals surface area (Å²) in [4.78, 5) is 28.9. The zero-order valence-electron chi connectivity index (χ0n) is 15.3. The van der Waals surface area contributed by atoms with Crippen LogP contribution in [0.15, 0.2) is 53.6 Å². The van der Waals surface area contributed by atoms with Gasteiger partial charge in [0, 0.05) is 31.1 Å². The Kier molecular flexibility index (Phi) is 5.71. The number of benzene rings is 2. The smallest absolute Gasteiger partial charge is 0.261 e. The average molecular weight is 367 g/mol. The first-order valence-corrected chi connectivity index (χ1v) is 8.54. The fourth-order valence-electron chi connectivity index (χ4n) is 2.77. The highest BCUT2D eigenvalue weighted by atomic mass is 16.5. The molecule has 1 heterocycles. The molecule has 0 spiro atoms. The molecule has 0 saturated heterocycles. The van der Waals surface area contributed by atoms with Gasteiger partial charge in [-0.05, 0) is 24.3 Å². The molecule has 3 rings (SSSR count). The van der Waals surface area contributed by atoms with Crippen LogP contribution in [0.3, 0.4) is 0 Å². The highest BCUT2D eigenvalue weighted by Crippen LogP contribution is 2.24. The predicted octanol–water partition coefficient (Wildman–Crippen LogP) is 2.12. The van der Waals surface area contributed by atoms with Gasteiger partial charge in [0.25, 0.3) is 5.56 Å². The third-order valence-electron chi connectivity index (χ3n) is 4.28. The first-order valence-electron chi connectivity index (χ1n) is 8.54. The van der Waals surface area contributed by atoms with Gasteiger partial charge in [0.15, 0.2) is 0 Å². The fourth-order valence-corrected chi connectivity index (χ4v) is 2.77. The van der Waals surface area contributed by atoms with E-state index in [1.165, 1.54) is 10.9 Å². The summed E-state index contributed by atoms with van der Waals surface area (Å²) in [6, 6.07) is 12.6. The number of rotatable bonds is 7. The number of nitrogens with one attached hydrogen (secondary N) is 1. The zero-order chi connectivity index (χ0) is 19.2. The minimum Gasteiger partial charge on any atom is -0.497 e. The van der Waals surface area contributed by atoms with Gasteiger partial charge in [-0.3, -0.25) is 14.2 Å². The Balaban J connectivity index is 1.61. The molecular weight excluding hydrogens is 346 g/mol. The molecule has 0 atom stereocenters. The second-order valence-corrected chi connectivity index (χ2v) is 5.96. The maximum Gasteiger partial charge on any atom is 0.261 e. The largest absolute Gasteiger partial charge is 0.497 e. The van der Waals surface area contributed by atoms with Crippen LogP contribution >= 0.6 is 0 Å². The Morgan fingerprint density at radius 1 is 1.15 bits per heavy atom. The van der Waals surface area contributed by atoms with Gasteiger partial charge in [-0.1, -0.05) is 12.1 Å². The van der Waals surface area contributed by atoms with Crippen molar-refractivity contribution in [2.75, 3.05) is 14.2 Å². The molecule has 1 amide bonds. The molecule has 1 aromatic heterocycles. The van der Waals surface area contributed by atoms with Crippen LogP contribution in [0, 0.1) is 0 Å². The molecule has 0 saturated carbocycles. The van der Waals surface area contributed by atoms with E-state index in [9.17, 15) is 9.59 Å². The Bertz CT molecular complexity index is 1010. The van der Waals surface area contributed by atoms with E-state index in [-0.39, 0.29) is 24.4 Å². The van der Waals surface area contributed by atoms with Gasteiger partial charge < -0.3 is 14.8 Å². The van der Waals surface area contributed by atoms with Crippen LogP contribution in [0.5, 0.6) is 11.5 Å². The topological polar surface area (TPSA) is 82.5 Å². The van der Waals surface area contributed by atoms with Crippen molar-refractivity contribution in [1.29, 1.82) is 0 Å². The van der Waals surface area contributed by atoms with Crippen LogP contribution in [0.4, 0.5) is 0 Å². The molecule has 7 heteroatoms. The SMILES string of the molecule is COc1ccc(CNC(=O)CCn2cnc3ccccc3c2=O)c(OC)c1. The quantitative estimate of drug-likeness (QED) is 0.692. The van der Waals surface area contributed by atoms with E-state index in [1.54, 1.807) is 38.5 Å². The van der Waals surface area contributed by atoms with Gasteiger partial charge in [0.2, 0.25) is 5.91 Å². The number of methoxy groups -OCH3 is 2. The van der Waals surface area contributed by atoms with Crippen molar-refractivity contribution in [2.45, 2.75) is 19.5 Å². The zero-order valence-corrected chi connectivity index (χ0v) is 15.3. The summed E-state index contributed by atoms with van der Waals surface area (Å²) < 4.78 is 11.9. The minimum atomic E-state index is -0.159. The van der Waals surface area contributed by atoms with Gasteiger partial charge in [0.1, 0.15) is 11.5 Å². The average Bonchev–Trinajstić information content (AvgIpc) is 2.71. The number of aryl methyl sites for hydroxylation is 1. The maximum atomic E-state index is 12.4. The molecule has 1 N–H and O–H groups in total. The summed E-state index contributed by atoms with van der Waals surface area (Å²) in [5, 5.41) is 3.39. The van der Waals surface area contributed by atoms with Crippen molar-refractivity contribution in [3.05, 3.63) is 64.7 Å². The number of carbonyl (C=O) groups excluding carboxylic acids is 1. The van der Waals surface area contributed by atoms with E-state index in [1.807, 2.05) is 18.2 Å². The third kappa shape index (κ3) is 4.25. The van der Waals surface area contributed by atoms with Gasteiger partial charge in [-0.2, -0.15) is 0 Å². The Morgan fingerprint density at radius 3 is 2.74 bits per heavy atom. The van der Waals surface area contributed by atoms with Crippen LogP contribution in [0.25, 0.3) is 10.9 Å². The van der Waals surface area contributed by atoms with E-state index >= 15 is 0 Å². The van der Waals surface area contributed by atoms with Crippen molar-refractivity contribution >= 4 is 16.8 Å². The summed E-state index contributed by atoms with van der Waals surface area (Å²) in [5.74, 6) is 1.17. The fraction of sp³-hybridized carbons (Fsp3) is 0.250. The maximum absolute atomic E-state index is 12.4. The molecule has 3 aromatic rings. The summed E-state index contributed by atoms with van der Waals surface area (Å²) in [6.07, 6.45) is 1.66. The molecule has 0 fully saturated rings. The van der Waals surface area contributed by atoms with Crippen molar-refractivity contribution in [3.63, 3.8) is 0 Å². The minimum absolute atomic E-state index is 0.148. The van der Waals surface area contributed by atoms with Gasteiger partial charge in [-0.25, -0.2) is 4.98 Å². The number of para-hydroxylation sites is 1. The van der Waals surface area contributed by atoms with Crippen LogP contribution in [-0.4, -0.2) is 29.7 Å². The lowest BCUT2D eigenvalue weighted by atomic mass is 10.2. The van der Waals surface area contributed by atoms with Crippen molar-refractivity contribution in [2.24, 2.45) is 0 Å². The normalized spacial score (nSPS) is 10.6. The highest BCUT2D eigenvalue weighted by molar-refractivity contribution is 5.77. The number of nitrogens with zero attached hydrogens (tertiary/aromatic N) is 2. The molecule has 0 unspecified atom stereocenters. The molecule has 0 bridgehead atoms. The number of aromatic nitrogens is 2. The molecule has 0 radical (unpaired) electrons. The van der Waals surface area contributed by atoms with Crippen molar-refractivity contribution in [1.82, 2.24) is 14.9 Å². The molecule has 7 nitrogen and oxygen atoms in total. The van der Waals surface area contributed by atoms with Gasteiger partial charge in [-0.15, -0.1) is 0 Å². The monoisotopic (exact) mass is 367 g/mol. The number of fused-ring (bicyclic) bond motifs is 1. The number of carbonyl (C=O) groups is 1. The Labute approximate surface area is 156 Å². The standard InChI is InChI=1S/C20H21N3O4/c1-26-15-8-7-14(18(11-15)27-2)12-21-19(24)9-10-23-13-22-17-6-4-3-5-16(17)20(23)25/h3-8,11,13H,9-10,12H2,1-2H3,(H,21,24). The van der Waals surface area contributed by atoms with E-state index < -0.39 is 0 Å². The number of ether oxygens (including phenoxy) is 2. The van der Waals surface area contributed by atoms with Crippen molar-refractivity contribution in [3.8, 4) is 11.5 Å². The number of hydrogen-bond donors (Lipinski definition) is 1. The highest BCUT2D eigenvalue weighted by Gasteiger charge is 2.09. The lowest BCUT2D eigenvalue weighted by molar-refractivity contribution is -0.121. The van der Waals surface area contributed by atoms with Crippen LogP contribution in [0.1, 0.15) is 12.0 Å².